The summed E-state index contributed by atoms with van der Waals surface area (Å²) in [6.45, 7) is 15.2. The third-order valence-electron chi connectivity index (χ3n) is 7.15. The predicted octanol–water partition coefficient (Wildman–Crippen LogP) is 3.28. The number of benzene rings is 1. The van der Waals surface area contributed by atoms with Crippen molar-refractivity contribution in [2.45, 2.75) is 50.3 Å². The summed E-state index contributed by atoms with van der Waals surface area (Å²) < 4.78 is 0. The summed E-state index contributed by atoms with van der Waals surface area (Å²) in [6.07, 6.45) is 0. The van der Waals surface area contributed by atoms with E-state index in [0.29, 0.717) is 0 Å². The molecule has 1 aromatic carbocycles. The van der Waals surface area contributed by atoms with Gasteiger partial charge in [0.2, 0.25) is 0 Å². The number of rotatable bonds is 2. The van der Waals surface area contributed by atoms with Gasteiger partial charge >= 0.3 is 113 Å². The van der Waals surface area contributed by atoms with Crippen molar-refractivity contribution in [3.05, 3.63) is 24.3 Å². The van der Waals surface area contributed by atoms with Crippen molar-refractivity contribution in [1.29, 1.82) is 0 Å². The van der Waals surface area contributed by atoms with E-state index in [9.17, 15) is 0 Å². The van der Waals surface area contributed by atoms with Gasteiger partial charge in [-0.3, -0.25) is 0 Å². The summed E-state index contributed by atoms with van der Waals surface area (Å²) in [7, 11) is -2.26. The molecule has 0 aromatic heterocycles. The molecule has 2 fully saturated rings. The Morgan fingerprint density at radius 3 is 1.17 bits per heavy atom. The van der Waals surface area contributed by atoms with Gasteiger partial charge in [0.05, 0.1) is 0 Å². The SMILES string of the molecule is C[C@@H]1[C@H](C)[PH]1(C)c1ccccc1[PH]1(C)[C@H](C)[C@@H]1C. The molecule has 102 valence electrons. The Kier molecular flexibility index (Phi) is 2.76. The molecular formula is C16H28P2. The molecule has 3 rings (SSSR count). The summed E-state index contributed by atoms with van der Waals surface area (Å²) in [4.78, 5) is 0. The Bertz CT molecular complexity index is 433. The van der Waals surface area contributed by atoms with Gasteiger partial charge in [0.25, 0.3) is 0 Å². The van der Waals surface area contributed by atoms with E-state index in [0.717, 1.165) is 22.6 Å². The van der Waals surface area contributed by atoms with Gasteiger partial charge in [0.1, 0.15) is 0 Å². The minimum absolute atomic E-state index is 0.987. The summed E-state index contributed by atoms with van der Waals surface area (Å²) in [5, 5.41) is 3.66. The Morgan fingerprint density at radius 1 is 0.667 bits per heavy atom. The Labute approximate surface area is 113 Å². The molecule has 0 N–H and O–H groups in total. The zero-order valence-electron chi connectivity index (χ0n) is 12.6. The van der Waals surface area contributed by atoms with Gasteiger partial charge in [0.15, 0.2) is 0 Å². The van der Waals surface area contributed by atoms with Crippen LogP contribution in [0.2, 0.25) is 0 Å². The molecule has 2 heteroatoms. The molecule has 2 heterocycles. The summed E-state index contributed by atoms with van der Waals surface area (Å²) in [5.41, 5.74) is 3.95. The van der Waals surface area contributed by atoms with Crippen LogP contribution in [0.15, 0.2) is 24.3 Å². The summed E-state index contributed by atoms with van der Waals surface area (Å²) >= 11 is 0. The van der Waals surface area contributed by atoms with Crippen LogP contribution in [0.4, 0.5) is 0 Å². The first-order valence-electron chi connectivity index (χ1n) is 7.46. The van der Waals surface area contributed by atoms with Crippen molar-refractivity contribution in [3.8, 4) is 0 Å². The fourth-order valence-electron chi connectivity index (χ4n) is 4.37. The van der Waals surface area contributed by atoms with Gasteiger partial charge in [-0.25, -0.2) is 0 Å². The van der Waals surface area contributed by atoms with Crippen molar-refractivity contribution in [1.82, 2.24) is 0 Å². The monoisotopic (exact) mass is 282 g/mol. The molecule has 2 aliphatic heterocycles. The van der Waals surface area contributed by atoms with Gasteiger partial charge in [-0.15, -0.1) is 0 Å². The number of hydrogen-bond donors (Lipinski definition) is 0. The van der Waals surface area contributed by atoms with Gasteiger partial charge in [-0.1, -0.05) is 0 Å². The normalized spacial score (nSPS) is 43.0. The molecular weight excluding hydrogens is 254 g/mol. The van der Waals surface area contributed by atoms with E-state index in [1.54, 1.807) is 0 Å². The second-order valence-corrected chi connectivity index (χ2v) is 17.1. The Morgan fingerprint density at radius 2 is 0.944 bits per heavy atom. The minimum atomic E-state index is -1.13. The van der Waals surface area contributed by atoms with E-state index in [1.165, 1.54) is 0 Å². The fraction of sp³-hybridized carbons (Fsp3) is 0.625. The molecule has 0 saturated carbocycles. The maximum atomic E-state index is 2.62. The van der Waals surface area contributed by atoms with Crippen molar-refractivity contribution in [2.24, 2.45) is 0 Å². The zero-order valence-corrected chi connectivity index (χ0v) is 14.6. The van der Waals surface area contributed by atoms with Crippen LogP contribution in [-0.2, 0) is 0 Å². The van der Waals surface area contributed by atoms with E-state index in [2.05, 4.69) is 65.3 Å². The average molecular weight is 282 g/mol. The molecule has 2 aliphatic rings. The summed E-state index contributed by atoms with van der Waals surface area (Å²) in [6, 6.07) is 9.53. The molecule has 0 aliphatic carbocycles. The van der Waals surface area contributed by atoms with Gasteiger partial charge in [0, 0.05) is 0 Å². The molecule has 0 radical (unpaired) electrons. The van der Waals surface area contributed by atoms with Gasteiger partial charge in [-0.2, -0.15) is 0 Å². The fourth-order valence-corrected chi connectivity index (χ4v) is 15.6. The van der Waals surface area contributed by atoms with Crippen LogP contribution >= 0.6 is 14.5 Å². The topological polar surface area (TPSA) is 0 Å². The van der Waals surface area contributed by atoms with Crippen LogP contribution < -0.4 is 10.6 Å². The van der Waals surface area contributed by atoms with E-state index in [4.69, 9.17) is 0 Å². The molecule has 0 nitrogen and oxygen atoms in total. The second-order valence-electron chi connectivity index (χ2n) is 7.27. The molecule has 0 spiro atoms. The average Bonchev–Trinajstić information content (AvgIpc) is 3.08. The standard InChI is InChI=1S/C16H28P2/c1-11-12(2)17(11,5)15-9-7-8-10-16(15)18(6)13(3)14(18)4/h7-14,17-18H,1-6H3/t11-,12+,13-,14+. The van der Waals surface area contributed by atoms with Crippen molar-refractivity contribution in [3.63, 3.8) is 0 Å². The first-order chi connectivity index (χ1) is 8.36. The first kappa shape index (κ1) is 13.1. The van der Waals surface area contributed by atoms with Crippen molar-refractivity contribution >= 4 is 25.1 Å². The van der Waals surface area contributed by atoms with Crippen LogP contribution in [-0.4, -0.2) is 36.0 Å². The quantitative estimate of drug-likeness (QED) is 0.730. The molecule has 0 bridgehead atoms. The van der Waals surface area contributed by atoms with Gasteiger partial charge in [-0.05, 0) is 0 Å². The first-order valence-corrected chi connectivity index (χ1v) is 12.8. The third kappa shape index (κ3) is 1.40. The Balaban J connectivity index is 2.09. The van der Waals surface area contributed by atoms with Crippen molar-refractivity contribution < 1.29 is 0 Å². The second kappa shape index (κ2) is 3.80. The van der Waals surface area contributed by atoms with Crippen LogP contribution in [0.1, 0.15) is 27.7 Å². The molecule has 1 aromatic rings. The molecule has 18 heavy (non-hydrogen) atoms. The van der Waals surface area contributed by atoms with Crippen LogP contribution in [0.25, 0.3) is 0 Å². The predicted molar refractivity (Wildman–Crippen MR) is 92.0 cm³/mol. The van der Waals surface area contributed by atoms with E-state index in [1.807, 2.05) is 10.6 Å². The molecule has 2 saturated heterocycles. The van der Waals surface area contributed by atoms with Crippen LogP contribution in [0.5, 0.6) is 0 Å². The van der Waals surface area contributed by atoms with Crippen LogP contribution in [0.3, 0.4) is 0 Å². The van der Waals surface area contributed by atoms with E-state index >= 15 is 0 Å². The molecule has 0 unspecified atom stereocenters. The zero-order chi connectivity index (χ0) is 13.3. The summed E-state index contributed by atoms with van der Waals surface area (Å²) in [5.74, 6) is 0. The van der Waals surface area contributed by atoms with E-state index in [-0.39, 0.29) is 0 Å². The Hall–Kier alpha value is 0.0800. The maximum absolute atomic E-state index is 2.62. The molecule has 4 atom stereocenters. The van der Waals surface area contributed by atoms with E-state index < -0.39 is 14.5 Å². The molecule has 0 amide bonds. The van der Waals surface area contributed by atoms with Crippen LogP contribution in [0, 0.1) is 0 Å². The number of hydrogen-bond acceptors (Lipinski definition) is 0. The third-order valence-corrected chi connectivity index (χ3v) is 19.4. The van der Waals surface area contributed by atoms with Crippen molar-refractivity contribution in [2.75, 3.05) is 13.3 Å². The van der Waals surface area contributed by atoms with Gasteiger partial charge < -0.3 is 0 Å².